The first-order chi connectivity index (χ1) is 18.2. The Hall–Kier alpha value is -2.45. The van der Waals surface area contributed by atoms with E-state index < -0.39 is 35.4 Å². The van der Waals surface area contributed by atoms with Crippen LogP contribution < -0.4 is 10.6 Å². The van der Waals surface area contributed by atoms with Gasteiger partial charge in [0, 0.05) is 18.6 Å². The molecule has 0 aromatic heterocycles. The van der Waals surface area contributed by atoms with Gasteiger partial charge >= 0.3 is 5.97 Å². The summed E-state index contributed by atoms with van der Waals surface area (Å²) in [7, 11) is 0. The number of rotatable bonds is 10. The second-order valence-electron chi connectivity index (χ2n) is 13.4. The Morgan fingerprint density at radius 1 is 1.03 bits per heavy atom. The van der Waals surface area contributed by atoms with Crippen LogP contribution in [-0.2, 0) is 20.8 Å². The molecule has 8 nitrogen and oxygen atoms in total. The van der Waals surface area contributed by atoms with Gasteiger partial charge in [0.05, 0.1) is 29.5 Å². The molecular weight excluding hydrogens is 494 g/mol. The predicted molar refractivity (Wildman–Crippen MR) is 152 cm³/mol. The monoisotopic (exact) mass is 543 g/mol. The maximum atomic E-state index is 13.4. The molecule has 0 radical (unpaired) electrons. The molecule has 2 amide bonds. The second kappa shape index (κ2) is 12.8. The van der Waals surface area contributed by atoms with Crippen LogP contribution in [0, 0.1) is 23.2 Å². The molecule has 4 N–H and O–H groups in total. The fraction of sp³-hybridized carbons (Fsp3) is 0.710. The summed E-state index contributed by atoms with van der Waals surface area (Å²) >= 11 is 0. The van der Waals surface area contributed by atoms with E-state index in [1.807, 2.05) is 51.1 Å². The molecule has 0 unspecified atom stereocenters. The molecule has 1 heterocycles. The van der Waals surface area contributed by atoms with Crippen LogP contribution in [0.3, 0.4) is 0 Å². The van der Waals surface area contributed by atoms with Crippen molar-refractivity contribution in [2.24, 2.45) is 23.2 Å². The number of likely N-dealkylation sites (tertiary alicyclic amines) is 1. The highest BCUT2D eigenvalue weighted by atomic mass is 16.4. The highest BCUT2D eigenvalue weighted by Crippen LogP contribution is 2.39. The van der Waals surface area contributed by atoms with Gasteiger partial charge in [-0.3, -0.25) is 19.3 Å². The second-order valence-corrected chi connectivity index (χ2v) is 13.4. The molecule has 6 atom stereocenters. The van der Waals surface area contributed by atoms with E-state index in [4.69, 9.17) is 0 Å². The third-order valence-corrected chi connectivity index (χ3v) is 8.84. The van der Waals surface area contributed by atoms with Crippen LogP contribution >= 0.6 is 0 Å². The molecule has 1 saturated heterocycles. The average molecular weight is 544 g/mol. The summed E-state index contributed by atoms with van der Waals surface area (Å²) in [4.78, 5) is 40.6. The number of nitrogens with zero attached hydrogens (tertiary/aromatic N) is 1. The summed E-state index contributed by atoms with van der Waals surface area (Å²) in [6.07, 6.45) is 4.90. The number of carboxylic acid groups (broad SMARTS) is 1. The topological polar surface area (TPSA) is 119 Å². The maximum Gasteiger partial charge on any atom is 0.309 e. The minimum atomic E-state index is -1.26. The molecule has 1 aromatic carbocycles. The number of carbonyl (C=O) groups is 3. The van der Waals surface area contributed by atoms with Crippen molar-refractivity contribution < 1.29 is 24.6 Å². The number of fused-ring (bicyclic) bond motifs is 1. The van der Waals surface area contributed by atoms with Crippen molar-refractivity contribution >= 4 is 17.8 Å². The molecule has 218 valence electrons. The molecule has 1 saturated carbocycles. The van der Waals surface area contributed by atoms with Gasteiger partial charge in [0.2, 0.25) is 11.8 Å². The molecule has 2 fully saturated rings. The smallest absolute Gasteiger partial charge is 0.309 e. The van der Waals surface area contributed by atoms with Crippen LogP contribution in [-0.4, -0.2) is 69.7 Å². The number of nitrogens with one attached hydrogen (secondary N) is 2. The molecule has 1 aromatic rings. The highest BCUT2D eigenvalue weighted by Gasteiger charge is 2.43. The lowest BCUT2D eigenvalue weighted by Crippen LogP contribution is -2.60. The number of piperidine rings is 1. The first-order valence-corrected chi connectivity index (χ1v) is 14.5. The van der Waals surface area contributed by atoms with Crippen molar-refractivity contribution in [2.45, 2.75) is 104 Å². The number of amides is 2. The summed E-state index contributed by atoms with van der Waals surface area (Å²) in [5, 5.41) is 27.3. The van der Waals surface area contributed by atoms with E-state index in [0.29, 0.717) is 18.3 Å². The van der Waals surface area contributed by atoms with Crippen molar-refractivity contribution in [3.63, 3.8) is 0 Å². The number of carbonyl (C=O) groups excluding carboxylic acids is 2. The summed E-state index contributed by atoms with van der Waals surface area (Å²) in [6, 6.07) is 8.67. The molecular formula is C31H49N3O5. The standard InChI is InChI=1S/C31H49N3O5/c1-20(31(5,6)29(38)39)27(36)32-24(16-21-12-8-7-9-13-21)26(35)19-34-18-23-15-11-10-14-22(23)17-25(34)28(37)33-30(2,3)4/h7-9,12-13,20,22-26,35H,10-11,14-19H2,1-6H3,(H,32,36)(H,33,37)(H,38,39)/t20-,22+,23-,24+,25+,26-/m1/s1. The van der Waals surface area contributed by atoms with Gasteiger partial charge in [-0.2, -0.15) is 0 Å². The Bertz CT molecular complexity index is 990. The number of carboxylic acids is 1. The van der Waals surface area contributed by atoms with Gasteiger partial charge in [-0.25, -0.2) is 0 Å². The zero-order chi connectivity index (χ0) is 29.0. The molecule has 0 spiro atoms. The minimum Gasteiger partial charge on any atom is -0.481 e. The lowest BCUT2D eigenvalue weighted by molar-refractivity contribution is -0.153. The van der Waals surface area contributed by atoms with E-state index in [0.717, 1.165) is 31.4 Å². The van der Waals surface area contributed by atoms with Crippen LogP contribution in [0.4, 0.5) is 0 Å². The van der Waals surface area contributed by atoms with Crippen molar-refractivity contribution in [2.75, 3.05) is 13.1 Å². The quantitative estimate of drug-likeness (QED) is 0.358. The Kier molecular flexibility index (Phi) is 10.2. The SMILES string of the molecule is C[C@H](C(=O)N[C@@H](Cc1ccccc1)[C@H](O)CN1C[C@H]2CCCC[C@H]2C[C@H]1C(=O)NC(C)(C)C)C(C)(C)C(=O)O. The van der Waals surface area contributed by atoms with Crippen LogP contribution in [0.15, 0.2) is 30.3 Å². The van der Waals surface area contributed by atoms with E-state index in [1.165, 1.54) is 26.7 Å². The molecule has 8 heteroatoms. The van der Waals surface area contributed by atoms with Crippen LogP contribution in [0.2, 0.25) is 0 Å². The van der Waals surface area contributed by atoms with Gasteiger partial charge in [0.15, 0.2) is 0 Å². The maximum absolute atomic E-state index is 13.4. The summed E-state index contributed by atoms with van der Waals surface area (Å²) in [5.74, 6) is -1.25. The van der Waals surface area contributed by atoms with Gasteiger partial charge in [0.1, 0.15) is 0 Å². The molecule has 39 heavy (non-hydrogen) atoms. The van der Waals surface area contributed by atoms with Gasteiger partial charge < -0.3 is 20.8 Å². The van der Waals surface area contributed by atoms with E-state index in [9.17, 15) is 24.6 Å². The van der Waals surface area contributed by atoms with Crippen LogP contribution in [0.1, 0.15) is 79.2 Å². The third kappa shape index (κ3) is 8.27. The number of hydrogen-bond acceptors (Lipinski definition) is 5. The van der Waals surface area contributed by atoms with E-state index >= 15 is 0 Å². The Morgan fingerprint density at radius 2 is 1.64 bits per heavy atom. The lowest BCUT2D eigenvalue weighted by atomic mass is 9.72. The minimum absolute atomic E-state index is 0.0146. The van der Waals surface area contributed by atoms with Crippen molar-refractivity contribution in [1.29, 1.82) is 0 Å². The largest absolute Gasteiger partial charge is 0.481 e. The van der Waals surface area contributed by atoms with Gasteiger partial charge in [0.25, 0.3) is 0 Å². The summed E-state index contributed by atoms with van der Waals surface area (Å²) in [5.41, 5.74) is -0.660. The third-order valence-electron chi connectivity index (χ3n) is 8.84. The molecule has 3 rings (SSSR count). The molecule has 0 bridgehead atoms. The fourth-order valence-corrected chi connectivity index (χ4v) is 5.97. The van der Waals surface area contributed by atoms with E-state index in [-0.39, 0.29) is 24.0 Å². The van der Waals surface area contributed by atoms with Crippen molar-refractivity contribution in [1.82, 2.24) is 15.5 Å². The zero-order valence-corrected chi connectivity index (χ0v) is 24.6. The number of aliphatic hydroxyl groups is 1. The summed E-state index contributed by atoms with van der Waals surface area (Å²) < 4.78 is 0. The first kappa shape index (κ1) is 31.1. The number of aliphatic hydroxyl groups excluding tert-OH is 1. The number of hydrogen-bond donors (Lipinski definition) is 4. The fourth-order valence-electron chi connectivity index (χ4n) is 5.97. The van der Waals surface area contributed by atoms with Gasteiger partial charge in [-0.1, -0.05) is 56.5 Å². The Balaban J connectivity index is 1.82. The van der Waals surface area contributed by atoms with Crippen molar-refractivity contribution in [3.05, 3.63) is 35.9 Å². The lowest BCUT2D eigenvalue weighted by Gasteiger charge is -2.47. The Labute approximate surface area is 233 Å². The molecule has 1 aliphatic carbocycles. The first-order valence-electron chi connectivity index (χ1n) is 14.5. The highest BCUT2D eigenvalue weighted by molar-refractivity contribution is 5.86. The summed E-state index contributed by atoms with van der Waals surface area (Å²) in [6.45, 7) is 11.6. The van der Waals surface area contributed by atoms with E-state index in [2.05, 4.69) is 15.5 Å². The predicted octanol–water partition coefficient (Wildman–Crippen LogP) is 3.62. The molecule has 1 aliphatic heterocycles. The van der Waals surface area contributed by atoms with Gasteiger partial charge in [-0.15, -0.1) is 0 Å². The normalized spacial score (nSPS) is 24.6. The Morgan fingerprint density at radius 3 is 2.23 bits per heavy atom. The van der Waals surface area contributed by atoms with E-state index in [1.54, 1.807) is 6.92 Å². The van der Waals surface area contributed by atoms with Crippen molar-refractivity contribution in [3.8, 4) is 0 Å². The number of β-amino-alcohol motifs (C(OH)–C–C–N with tert-alkyl or cyclic N) is 1. The zero-order valence-electron chi connectivity index (χ0n) is 24.6. The average Bonchev–Trinajstić information content (AvgIpc) is 2.86. The van der Waals surface area contributed by atoms with Gasteiger partial charge in [-0.05, 0) is 71.3 Å². The molecule has 2 aliphatic rings. The van der Waals surface area contributed by atoms with Crippen LogP contribution in [0.25, 0.3) is 0 Å². The van der Waals surface area contributed by atoms with Crippen LogP contribution in [0.5, 0.6) is 0 Å². The number of benzene rings is 1. The number of aliphatic carboxylic acids is 1.